The fraction of sp³-hybridized carbons (Fsp3) is 0.900. The lowest BCUT2D eigenvalue weighted by molar-refractivity contribution is -0.127. The first-order chi connectivity index (χ1) is 6.50. The molecule has 0 aliphatic carbocycles. The van der Waals surface area contributed by atoms with E-state index in [1.54, 1.807) is 0 Å². The molecule has 0 saturated carbocycles. The summed E-state index contributed by atoms with van der Waals surface area (Å²) >= 11 is 0. The lowest BCUT2D eigenvalue weighted by atomic mass is 9.98. The van der Waals surface area contributed by atoms with Crippen LogP contribution in [0.5, 0.6) is 0 Å². The summed E-state index contributed by atoms with van der Waals surface area (Å²) in [7, 11) is 0. The zero-order chi connectivity index (χ0) is 10.7. The molecule has 2 atom stereocenters. The van der Waals surface area contributed by atoms with E-state index >= 15 is 0 Å². The van der Waals surface area contributed by atoms with Crippen molar-refractivity contribution in [3.63, 3.8) is 0 Å². The van der Waals surface area contributed by atoms with Crippen molar-refractivity contribution in [3.05, 3.63) is 0 Å². The van der Waals surface area contributed by atoms with Crippen LogP contribution >= 0.6 is 0 Å². The fourth-order valence-electron chi connectivity index (χ4n) is 1.96. The zero-order valence-electron chi connectivity index (χ0n) is 9.07. The average molecular weight is 199 g/mol. The third-order valence-electron chi connectivity index (χ3n) is 2.70. The van der Waals surface area contributed by atoms with Gasteiger partial charge in [-0.3, -0.25) is 9.69 Å². The van der Waals surface area contributed by atoms with Crippen LogP contribution in [0, 0.1) is 5.92 Å². The van der Waals surface area contributed by atoms with E-state index in [1.165, 1.54) is 0 Å². The zero-order valence-corrected chi connectivity index (χ0v) is 9.07. The standard InChI is InChI=1S/C10H21N3O/c1-7(2)5-8(11)6-13-4-3-9(13)10(12)14/h7-9H,3-6,11H2,1-2H3,(H2,12,14)/t8-,9?/m0/s1. The summed E-state index contributed by atoms with van der Waals surface area (Å²) in [5.41, 5.74) is 11.2. The maximum Gasteiger partial charge on any atom is 0.234 e. The monoisotopic (exact) mass is 199 g/mol. The Kier molecular flexibility index (Phi) is 3.89. The largest absolute Gasteiger partial charge is 0.368 e. The van der Waals surface area contributed by atoms with Gasteiger partial charge in [-0.05, 0) is 18.8 Å². The number of hydrogen-bond acceptors (Lipinski definition) is 3. The van der Waals surface area contributed by atoms with Crippen molar-refractivity contribution in [1.82, 2.24) is 4.90 Å². The SMILES string of the molecule is CC(C)C[C@H](N)CN1CCC1C(N)=O. The Balaban J connectivity index is 2.27. The van der Waals surface area contributed by atoms with Crippen molar-refractivity contribution < 1.29 is 4.79 Å². The quantitative estimate of drug-likeness (QED) is 0.650. The van der Waals surface area contributed by atoms with Crippen LogP contribution in [0.1, 0.15) is 26.7 Å². The van der Waals surface area contributed by atoms with Gasteiger partial charge in [-0.2, -0.15) is 0 Å². The van der Waals surface area contributed by atoms with Crippen LogP contribution in [0.15, 0.2) is 0 Å². The number of amides is 1. The van der Waals surface area contributed by atoms with Gasteiger partial charge in [0, 0.05) is 19.1 Å². The van der Waals surface area contributed by atoms with Crippen molar-refractivity contribution in [3.8, 4) is 0 Å². The highest BCUT2D eigenvalue weighted by Crippen LogP contribution is 2.17. The fourth-order valence-corrected chi connectivity index (χ4v) is 1.96. The second kappa shape index (κ2) is 4.75. The summed E-state index contributed by atoms with van der Waals surface area (Å²) in [6.07, 6.45) is 1.89. The van der Waals surface area contributed by atoms with Crippen molar-refractivity contribution in [2.75, 3.05) is 13.1 Å². The van der Waals surface area contributed by atoms with Gasteiger partial charge in [0.05, 0.1) is 6.04 Å². The summed E-state index contributed by atoms with van der Waals surface area (Å²) in [4.78, 5) is 13.0. The molecule has 1 unspecified atom stereocenters. The van der Waals surface area contributed by atoms with Crippen LogP contribution < -0.4 is 11.5 Å². The van der Waals surface area contributed by atoms with E-state index in [1.807, 2.05) is 0 Å². The van der Waals surface area contributed by atoms with Gasteiger partial charge in [-0.1, -0.05) is 13.8 Å². The van der Waals surface area contributed by atoms with Gasteiger partial charge in [0.25, 0.3) is 0 Å². The molecule has 1 rings (SSSR count). The summed E-state index contributed by atoms with van der Waals surface area (Å²) in [5.74, 6) is 0.395. The van der Waals surface area contributed by atoms with Gasteiger partial charge in [0.15, 0.2) is 0 Å². The third-order valence-corrected chi connectivity index (χ3v) is 2.70. The van der Waals surface area contributed by atoms with Gasteiger partial charge >= 0.3 is 0 Å². The average Bonchev–Trinajstić information content (AvgIpc) is 1.95. The second-order valence-electron chi connectivity index (χ2n) is 4.59. The predicted molar refractivity (Wildman–Crippen MR) is 56.6 cm³/mol. The number of nitrogens with two attached hydrogens (primary N) is 2. The van der Waals surface area contributed by atoms with E-state index in [4.69, 9.17) is 11.5 Å². The molecule has 1 saturated heterocycles. The molecule has 4 N–H and O–H groups in total. The number of carbonyl (C=O) groups is 1. The molecule has 1 aliphatic heterocycles. The normalized spacial score (nSPS) is 24.7. The molecule has 82 valence electrons. The van der Waals surface area contributed by atoms with E-state index < -0.39 is 0 Å². The topological polar surface area (TPSA) is 72.3 Å². The first kappa shape index (κ1) is 11.5. The minimum Gasteiger partial charge on any atom is -0.368 e. The molecule has 0 spiro atoms. The minimum atomic E-state index is -0.215. The Morgan fingerprint density at radius 1 is 1.57 bits per heavy atom. The number of nitrogens with zero attached hydrogens (tertiary/aromatic N) is 1. The third kappa shape index (κ3) is 2.96. The molecular weight excluding hydrogens is 178 g/mol. The number of rotatable bonds is 5. The lowest BCUT2D eigenvalue weighted by Crippen LogP contribution is -2.57. The molecule has 1 fully saturated rings. The molecular formula is C10H21N3O. The minimum absolute atomic E-state index is 0.0618. The van der Waals surface area contributed by atoms with Crippen molar-refractivity contribution in [1.29, 1.82) is 0 Å². The van der Waals surface area contributed by atoms with Crippen LogP contribution in [0.3, 0.4) is 0 Å². The van der Waals surface area contributed by atoms with Crippen molar-refractivity contribution in [2.45, 2.75) is 38.8 Å². The summed E-state index contributed by atoms with van der Waals surface area (Å²) in [6, 6.07) is 0.102. The highest BCUT2D eigenvalue weighted by atomic mass is 16.1. The van der Waals surface area contributed by atoms with Crippen molar-refractivity contribution in [2.24, 2.45) is 17.4 Å². The number of primary amides is 1. The molecule has 4 heteroatoms. The van der Waals surface area contributed by atoms with Gasteiger partial charge in [0.2, 0.25) is 5.91 Å². The molecule has 0 aromatic carbocycles. The Morgan fingerprint density at radius 3 is 2.57 bits per heavy atom. The highest BCUT2D eigenvalue weighted by molar-refractivity contribution is 5.80. The van der Waals surface area contributed by atoms with Gasteiger partial charge in [-0.15, -0.1) is 0 Å². The smallest absolute Gasteiger partial charge is 0.234 e. The summed E-state index contributed by atoms with van der Waals surface area (Å²) in [5, 5.41) is 0. The lowest BCUT2D eigenvalue weighted by Gasteiger charge is -2.40. The molecule has 14 heavy (non-hydrogen) atoms. The number of hydrogen-bond donors (Lipinski definition) is 2. The van der Waals surface area contributed by atoms with E-state index in [9.17, 15) is 4.79 Å². The van der Waals surface area contributed by atoms with E-state index in [2.05, 4.69) is 18.7 Å². The second-order valence-corrected chi connectivity index (χ2v) is 4.59. The van der Waals surface area contributed by atoms with Crippen LogP contribution in [-0.4, -0.2) is 36.0 Å². The Hall–Kier alpha value is -0.610. The van der Waals surface area contributed by atoms with E-state index in [-0.39, 0.29) is 18.0 Å². The van der Waals surface area contributed by atoms with E-state index in [0.717, 1.165) is 25.9 Å². The predicted octanol–water partition coefficient (Wildman–Crippen LogP) is -0.0806. The molecule has 1 aliphatic rings. The maximum absolute atomic E-state index is 10.9. The molecule has 1 heterocycles. The number of likely N-dealkylation sites (tertiary alicyclic amines) is 1. The molecule has 0 aromatic rings. The Morgan fingerprint density at radius 2 is 2.21 bits per heavy atom. The molecule has 0 bridgehead atoms. The molecule has 4 nitrogen and oxygen atoms in total. The highest BCUT2D eigenvalue weighted by Gasteiger charge is 2.33. The van der Waals surface area contributed by atoms with Gasteiger partial charge in [0.1, 0.15) is 0 Å². The van der Waals surface area contributed by atoms with Gasteiger partial charge in [-0.25, -0.2) is 0 Å². The Bertz CT molecular complexity index is 206. The van der Waals surface area contributed by atoms with Crippen LogP contribution in [0.25, 0.3) is 0 Å². The molecule has 1 amide bonds. The summed E-state index contributed by atoms with van der Waals surface area (Å²) < 4.78 is 0. The Labute approximate surface area is 85.6 Å². The van der Waals surface area contributed by atoms with Gasteiger partial charge < -0.3 is 11.5 Å². The van der Waals surface area contributed by atoms with Crippen LogP contribution in [0.4, 0.5) is 0 Å². The number of carbonyl (C=O) groups excluding carboxylic acids is 1. The van der Waals surface area contributed by atoms with Crippen LogP contribution in [0.2, 0.25) is 0 Å². The van der Waals surface area contributed by atoms with Crippen LogP contribution in [-0.2, 0) is 4.79 Å². The van der Waals surface area contributed by atoms with E-state index in [0.29, 0.717) is 5.92 Å². The molecule has 0 aromatic heterocycles. The summed E-state index contributed by atoms with van der Waals surface area (Å²) in [6.45, 7) is 6.06. The first-order valence-electron chi connectivity index (χ1n) is 5.29. The first-order valence-corrected chi connectivity index (χ1v) is 5.29. The van der Waals surface area contributed by atoms with Crippen molar-refractivity contribution >= 4 is 5.91 Å². The maximum atomic E-state index is 10.9. The molecule has 0 radical (unpaired) electrons.